The Morgan fingerprint density at radius 3 is 2.50 bits per heavy atom. The molecule has 0 saturated carbocycles. The van der Waals surface area contributed by atoms with Crippen LogP contribution in [-0.4, -0.2) is 23.1 Å². The van der Waals surface area contributed by atoms with Gasteiger partial charge in [0.15, 0.2) is 0 Å². The van der Waals surface area contributed by atoms with E-state index in [9.17, 15) is 9.59 Å². The van der Waals surface area contributed by atoms with E-state index in [0.29, 0.717) is 5.82 Å². The average molecular weight is 244 g/mol. The third-order valence-electron chi connectivity index (χ3n) is 2.58. The molecule has 0 fully saturated rings. The number of nitrogens with zero attached hydrogens (tertiary/aromatic N) is 1. The highest BCUT2D eigenvalue weighted by molar-refractivity contribution is 5.88. The first-order valence-electron chi connectivity index (χ1n) is 5.34. The van der Waals surface area contributed by atoms with Crippen molar-refractivity contribution in [2.24, 2.45) is 0 Å². The Hall–Kier alpha value is -2.56. The molecule has 5 nitrogen and oxygen atoms in total. The number of pyridine rings is 1. The zero-order chi connectivity index (χ0) is 13.1. The lowest BCUT2D eigenvalue weighted by atomic mass is 10.2. The summed E-state index contributed by atoms with van der Waals surface area (Å²) in [6, 6.07) is 11.8. The molecule has 0 aliphatic heterocycles. The van der Waals surface area contributed by atoms with Crippen LogP contribution >= 0.6 is 0 Å². The number of aromatic carboxylic acids is 1. The molecule has 0 aliphatic rings. The van der Waals surface area contributed by atoms with E-state index in [-0.39, 0.29) is 5.56 Å². The average Bonchev–Trinajstić information content (AvgIpc) is 2.38. The number of aromatic amines is 1. The Labute approximate surface area is 103 Å². The third kappa shape index (κ3) is 2.40. The highest BCUT2D eigenvalue weighted by Gasteiger charge is 2.09. The van der Waals surface area contributed by atoms with Crippen LogP contribution in [0.5, 0.6) is 0 Å². The van der Waals surface area contributed by atoms with E-state index in [1.54, 1.807) is 11.9 Å². The number of H-pyrrole nitrogens is 1. The molecule has 2 N–H and O–H groups in total. The number of carbonyl (C=O) groups is 1. The number of carboxylic acid groups (broad SMARTS) is 1. The smallest absolute Gasteiger partial charge is 0.336 e. The quantitative estimate of drug-likeness (QED) is 0.864. The van der Waals surface area contributed by atoms with Crippen LogP contribution in [0, 0.1) is 0 Å². The van der Waals surface area contributed by atoms with Crippen LogP contribution in [0.1, 0.15) is 10.4 Å². The molecule has 0 bridgehead atoms. The summed E-state index contributed by atoms with van der Waals surface area (Å²) in [4.78, 5) is 26.6. The number of carboxylic acids is 1. The molecular formula is C13H12N2O3. The number of hydrogen-bond acceptors (Lipinski definition) is 3. The lowest BCUT2D eigenvalue weighted by Crippen LogP contribution is -2.18. The Morgan fingerprint density at radius 1 is 1.22 bits per heavy atom. The van der Waals surface area contributed by atoms with Crippen LogP contribution in [0.4, 0.5) is 11.5 Å². The summed E-state index contributed by atoms with van der Waals surface area (Å²) in [6.45, 7) is 0. The van der Waals surface area contributed by atoms with Crippen LogP contribution in [0.25, 0.3) is 0 Å². The normalized spacial score (nSPS) is 10.1. The van der Waals surface area contributed by atoms with Crippen molar-refractivity contribution in [1.29, 1.82) is 0 Å². The third-order valence-corrected chi connectivity index (χ3v) is 2.58. The summed E-state index contributed by atoms with van der Waals surface area (Å²) >= 11 is 0. The molecule has 1 aromatic heterocycles. The van der Waals surface area contributed by atoms with Crippen molar-refractivity contribution in [3.8, 4) is 0 Å². The fourth-order valence-electron chi connectivity index (χ4n) is 1.62. The van der Waals surface area contributed by atoms with Gasteiger partial charge in [-0.1, -0.05) is 18.2 Å². The molecule has 0 radical (unpaired) electrons. The minimum absolute atomic E-state index is 0.0310. The SMILES string of the molecule is CN(c1ccccc1)c1cc(C(=O)O)cc(=O)[nH]1. The van der Waals surface area contributed by atoms with Gasteiger partial charge in [0.2, 0.25) is 5.56 Å². The number of anilines is 2. The van der Waals surface area contributed by atoms with Gasteiger partial charge >= 0.3 is 5.97 Å². The number of aromatic nitrogens is 1. The highest BCUT2D eigenvalue weighted by atomic mass is 16.4. The van der Waals surface area contributed by atoms with Crippen LogP contribution < -0.4 is 10.5 Å². The molecule has 0 amide bonds. The van der Waals surface area contributed by atoms with Crippen molar-refractivity contribution in [1.82, 2.24) is 4.98 Å². The van der Waals surface area contributed by atoms with E-state index < -0.39 is 11.5 Å². The van der Waals surface area contributed by atoms with Crippen LogP contribution in [0.15, 0.2) is 47.3 Å². The highest BCUT2D eigenvalue weighted by Crippen LogP contribution is 2.20. The minimum Gasteiger partial charge on any atom is -0.478 e. The predicted octanol–water partition coefficient (Wildman–Crippen LogP) is 1.84. The number of para-hydroxylation sites is 1. The lowest BCUT2D eigenvalue weighted by Gasteiger charge is -2.18. The zero-order valence-electron chi connectivity index (χ0n) is 9.75. The van der Waals surface area contributed by atoms with E-state index in [0.717, 1.165) is 11.8 Å². The summed E-state index contributed by atoms with van der Waals surface area (Å²) in [5, 5.41) is 8.91. The molecule has 0 atom stereocenters. The van der Waals surface area contributed by atoms with Gasteiger partial charge in [0.1, 0.15) is 5.82 Å². The topological polar surface area (TPSA) is 73.4 Å². The molecule has 0 saturated heterocycles. The van der Waals surface area contributed by atoms with Gasteiger partial charge in [-0.3, -0.25) is 4.79 Å². The van der Waals surface area contributed by atoms with Gasteiger partial charge in [-0.05, 0) is 18.2 Å². The predicted molar refractivity (Wildman–Crippen MR) is 68.5 cm³/mol. The van der Waals surface area contributed by atoms with Gasteiger partial charge in [0.05, 0.1) is 5.56 Å². The van der Waals surface area contributed by atoms with Gasteiger partial charge in [0.25, 0.3) is 0 Å². The van der Waals surface area contributed by atoms with Gasteiger partial charge in [-0.25, -0.2) is 4.79 Å². The zero-order valence-corrected chi connectivity index (χ0v) is 9.75. The fraction of sp³-hybridized carbons (Fsp3) is 0.0769. The summed E-state index contributed by atoms with van der Waals surface area (Å²) in [5.41, 5.74) is 0.389. The largest absolute Gasteiger partial charge is 0.478 e. The van der Waals surface area contributed by atoms with Crippen molar-refractivity contribution < 1.29 is 9.90 Å². The summed E-state index contributed by atoms with van der Waals surface area (Å²) in [7, 11) is 1.76. The molecule has 0 aliphatic carbocycles. The lowest BCUT2D eigenvalue weighted by molar-refractivity contribution is 0.0696. The molecular weight excluding hydrogens is 232 g/mol. The number of hydrogen-bond donors (Lipinski definition) is 2. The Bertz CT molecular complexity index is 620. The van der Waals surface area contributed by atoms with Crippen molar-refractivity contribution in [3.63, 3.8) is 0 Å². The maximum Gasteiger partial charge on any atom is 0.336 e. The van der Waals surface area contributed by atoms with Crippen molar-refractivity contribution in [3.05, 3.63) is 58.4 Å². The van der Waals surface area contributed by atoms with Gasteiger partial charge in [-0.2, -0.15) is 0 Å². The van der Waals surface area contributed by atoms with Gasteiger partial charge in [0, 0.05) is 18.8 Å². The van der Waals surface area contributed by atoms with E-state index in [1.165, 1.54) is 6.07 Å². The molecule has 2 aromatic rings. The second-order valence-electron chi connectivity index (χ2n) is 3.82. The number of nitrogens with one attached hydrogen (secondary N) is 1. The monoisotopic (exact) mass is 244 g/mol. The summed E-state index contributed by atoms with van der Waals surface area (Å²) in [6.07, 6.45) is 0. The van der Waals surface area contributed by atoms with Crippen molar-refractivity contribution >= 4 is 17.5 Å². The molecule has 0 spiro atoms. The Kier molecular flexibility index (Phi) is 3.14. The first-order valence-corrected chi connectivity index (χ1v) is 5.34. The molecule has 92 valence electrons. The Balaban J connectivity index is 2.45. The number of benzene rings is 1. The van der Waals surface area contributed by atoms with Crippen LogP contribution in [0.3, 0.4) is 0 Å². The standard InChI is InChI=1S/C13H12N2O3/c1-15(10-5-3-2-4-6-10)11-7-9(13(17)18)8-12(16)14-11/h2-8H,1H3,(H,14,16)(H,17,18). The van der Waals surface area contributed by atoms with Crippen LogP contribution in [0.2, 0.25) is 0 Å². The first-order chi connectivity index (χ1) is 8.58. The Morgan fingerprint density at radius 2 is 1.89 bits per heavy atom. The van der Waals surface area contributed by atoms with Gasteiger partial charge < -0.3 is 15.0 Å². The summed E-state index contributed by atoms with van der Waals surface area (Å²) < 4.78 is 0. The van der Waals surface area contributed by atoms with Crippen molar-refractivity contribution in [2.45, 2.75) is 0 Å². The molecule has 5 heteroatoms. The fourth-order valence-corrected chi connectivity index (χ4v) is 1.62. The maximum absolute atomic E-state index is 11.4. The minimum atomic E-state index is -1.12. The molecule has 1 aromatic carbocycles. The van der Waals surface area contributed by atoms with E-state index >= 15 is 0 Å². The van der Waals surface area contributed by atoms with Crippen molar-refractivity contribution in [2.75, 3.05) is 11.9 Å². The second kappa shape index (κ2) is 4.75. The molecule has 2 rings (SSSR count). The van der Waals surface area contributed by atoms with E-state index in [2.05, 4.69) is 4.98 Å². The number of rotatable bonds is 3. The molecule has 18 heavy (non-hydrogen) atoms. The molecule has 1 heterocycles. The summed E-state index contributed by atoms with van der Waals surface area (Å²) in [5.74, 6) is -0.685. The van der Waals surface area contributed by atoms with Crippen LogP contribution in [-0.2, 0) is 0 Å². The van der Waals surface area contributed by atoms with E-state index in [1.807, 2.05) is 30.3 Å². The second-order valence-corrected chi connectivity index (χ2v) is 3.82. The van der Waals surface area contributed by atoms with Gasteiger partial charge in [-0.15, -0.1) is 0 Å². The van der Waals surface area contributed by atoms with E-state index in [4.69, 9.17) is 5.11 Å². The first kappa shape index (κ1) is 11.9. The maximum atomic E-state index is 11.4. The molecule has 0 unspecified atom stereocenters.